The zero-order valence-electron chi connectivity index (χ0n) is 15.3. The zero-order valence-corrected chi connectivity index (χ0v) is 16.1. The van der Waals surface area contributed by atoms with Gasteiger partial charge in [-0.25, -0.2) is 18.4 Å². The molecule has 0 spiro atoms. The molecule has 2 N–H and O–H groups in total. The molecule has 3 aromatic rings. The molecule has 0 unspecified atom stereocenters. The number of nitrogens with two attached hydrogens (primary N) is 1. The quantitative estimate of drug-likeness (QED) is 0.697. The Morgan fingerprint density at radius 1 is 1.21 bits per heavy atom. The second kappa shape index (κ2) is 7.85. The Balaban J connectivity index is 0.00000225. The Hall–Kier alpha value is -2.51. The van der Waals surface area contributed by atoms with Gasteiger partial charge in [0.25, 0.3) is 5.56 Å². The van der Waals surface area contributed by atoms with E-state index in [1.165, 1.54) is 28.9 Å². The van der Waals surface area contributed by atoms with Crippen LogP contribution in [0.1, 0.15) is 38.1 Å². The fraction of sp³-hybridized carbons (Fsp3) is 0.300. The molecule has 28 heavy (non-hydrogen) atoms. The van der Waals surface area contributed by atoms with Crippen LogP contribution in [0.15, 0.2) is 47.3 Å². The molecule has 0 amide bonds. The van der Waals surface area contributed by atoms with Crippen molar-refractivity contribution in [1.29, 1.82) is 0 Å². The topological polar surface area (TPSA) is 64.1 Å². The second-order valence-corrected chi connectivity index (χ2v) is 6.79. The molecule has 4 rings (SSSR count). The molecule has 0 aliphatic heterocycles. The Bertz CT molecular complexity index is 1050. The summed E-state index contributed by atoms with van der Waals surface area (Å²) in [6.07, 6.45) is 2.31. The number of rotatable bonds is 5. The first-order chi connectivity index (χ1) is 13.0. The van der Waals surface area contributed by atoms with Crippen LogP contribution in [0.25, 0.3) is 10.9 Å². The van der Waals surface area contributed by atoms with Gasteiger partial charge < -0.3 is 5.73 Å². The molecule has 1 aliphatic rings. The third kappa shape index (κ3) is 3.47. The molecule has 0 saturated heterocycles. The van der Waals surface area contributed by atoms with E-state index in [1.807, 2.05) is 6.92 Å². The molecule has 1 aromatic heterocycles. The van der Waals surface area contributed by atoms with Crippen LogP contribution in [0.4, 0.5) is 14.5 Å². The average molecular weight is 407 g/mol. The molecule has 1 fully saturated rings. The summed E-state index contributed by atoms with van der Waals surface area (Å²) in [5.74, 6) is -0.614. The van der Waals surface area contributed by atoms with E-state index in [0.29, 0.717) is 17.9 Å². The van der Waals surface area contributed by atoms with E-state index in [9.17, 15) is 13.6 Å². The number of anilines is 1. The average Bonchev–Trinajstić information content (AvgIpc) is 3.49. The number of hydrogen-bond donors (Lipinski definition) is 1. The lowest BCUT2D eigenvalue weighted by Crippen LogP contribution is -2.44. The number of aromatic nitrogens is 2. The molecule has 0 radical (unpaired) electrons. The smallest absolute Gasteiger partial charge is 0.283 e. The fourth-order valence-corrected chi connectivity index (χ4v) is 3.23. The van der Waals surface area contributed by atoms with Gasteiger partial charge in [0, 0.05) is 0 Å². The number of fused-ring (bicyclic) bond motifs is 1. The lowest BCUT2D eigenvalue weighted by Gasteiger charge is -2.30. The minimum atomic E-state index is -0.620. The highest BCUT2D eigenvalue weighted by molar-refractivity contribution is 5.85. The van der Waals surface area contributed by atoms with E-state index < -0.39 is 17.4 Å². The largest absolute Gasteiger partial charge is 0.321 e. The van der Waals surface area contributed by atoms with E-state index in [1.54, 1.807) is 23.2 Å². The molecule has 2 aromatic carbocycles. The van der Waals surface area contributed by atoms with E-state index in [0.717, 1.165) is 12.8 Å². The number of halogens is 3. The Labute approximate surface area is 167 Å². The highest BCUT2D eigenvalue weighted by Crippen LogP contribution is 2.33. The summed E-state index contributed by atoms with van der Waals surface area (Å²) in [7, 11) is 0. The first-order valence-electron chi connectivity index (χ1n) is 9.03. The maximum Gasteiger partial charge on any atom is 0.283 e. The van der Waals surface area contributed by atoms with Gasteiger partial charge in [-0.2, -0.15) is 0 Å². The zero-order chi connectivity index (χ0) is 19.1. The molecule has 0 bridgehead atoms. The third-order valence-electron chi connectivity index (χ3n) is 4.82. The molecular weight excluding hydrogens is 386 g/mol. The first-order valence-corrected chi connectivity index (χ1v) is 9.03. The molecular formula is C20H21ClF2N4O. The van der Waals surface area contributed by atoms with Crippen molar-refractivity contribution < 1.29 is 8.78 Å². The van der Waals surface area contributed by atoms with Gasteiger partial charge in [0.2, 0.25) is 0 Å². The van der Waals surface area contributed by atoms with Gasteiger partial charge in [-0.3, -0.25) is 9.80 Å². The van der Waals surface area contributed by atoms with Gasteiger partial charge in [-0.05, 0) is 55.7 Å². The monoisotopic (exact) mass is 406 g/mol. The summed E-state index contributed by atoms with van der Waals surface area (Å²) in [6.45, 7) is 1.90. The molecule has 1 atom stereocenters. The van der Waals surface area contributed by atoms with E-state index in [2.05, 4.69) is 4.98 Å². The molecule has 1 aliphatic carbocycles. The molecule has 148 valence electrons. The molecule has 5 nitrogen and oxygen atoms in total. The number of hydrogen-bond acceptors (Lipinski definition) is 4. The lowest BCUT2D eigenvalue weighted by molar-refractivity contribution is 0.543. The molecule has 8 heteroatoms. The van der Waals surface area contributed by atoms with E-state index >= 15 is 0 Å². The van der Waals surface area contributed by atoms with Crippen LogP contribution in [0, 0.1) is 11.6 Å². The standard InChI is InChI=1S/C20H20F2N4O.ClH/c1-2-16(23)19-24-17-5-3-4-15(22)18(17)20(27)26(19)25(14-10-11-14)13-8-6-12(21)7-9-13;/h3-9,14,16H,2,10-11,23H2,1H3;1H/t16-;/m0./s1. The van der Waals surface area contributed by atoms with Crippen LogP contribution in [0.2, 0.25) is 0 Å². The van der Waals surface area contributed by atoms with Crippen molar-refractivity contribution in [2.24, 2.45) is 5.73 Å². The number of benzene rings is 2. The van der Waals surface area contributed by atoms with Crippen LogP contribution < -0.4 is 16.3 Å². The van der Waals surface area contributed by atoms with E-state index in [4.69, 9.17) is 5.73 Å². The highest BCUT2D eigenvalue weighted by atomic mass is 35.5. The summed E-state index contributed by atoms with van der Waals surface area (Å²) in [4.78, 5) is 17.8. The third-order valence-corrected chi connectivity index (χ3v) is 4.82. The Kier molecular flexibility index (Phi) is 5.67. The van der Waals surface area contributed by atoms with Gasteiger partial charge in [0.05, 0.1) is 23.3 Å². The summed E-state index contributed by atoms with van der Waals surface area (Å²) in [5, 5.41) is 1.70. The predicted molar refractivity (Wildman–Crippen MR) is 108 cm³/mol. The summed E-state index contributed by atoms with van der Waals surface area (Å²) in [6, 6.07) is 9.82. The maximum absolute atomic E-state index is 14.4. The van der Waals surface area contributed by atoms with Gasteiger partial charge in [-0.1, -0.05) is 13.0 Å². The minimum Gasteiger partial charge on any atom is -0.321 e. The first kappa shape index (κ1) is 20.2. The van der Waals surface area contributed by atoms with Crippen LogP contribution in [-0.2, 0) is 0 Å². The van der Waals surface area contributed by atoms with Gasteiger partial charge in [-0.15, -0.1) is 12.4 Å². The summed E-state index contributed by atoms with van der Waals surface area (Å²) >= 11 is 0. The van der Waals surface area contributed by atoms with Crippen molar-refractivity contribution in [3.05, 3.63) is 70.3 Å². The van der Waals surface area contributed by atoms with Crippen LogP contribution >= 0.6 is 12.4 Å². The summed E-state index contributed by atoms with van der Waals surface area (Å²) < 4.78 is 29.2. The minimum absolute atomic E-state index is 0. The van der Waals surface area contributed by atoms with Crippen molar-refractivity contribution >= 4 is 29.0 Å². The van der Waals surface area contributed by atoms with Crippen molar-refractivity contribution in [3.8, 4) is 0 Å². The molecule has 1 saturated carbocycles. The van der Waals surface area contributed by atoms with Crippen molar-refractivity contribution in [3.63, 3.8) is 0 Å². The second-order valence-electron chi connectivity index (χ2n) is 6.79. The maximum atomic E-state index is 14.4. The Morgan fingerprint density at radius 3 is 2.50 bits per heavy atom. The normalized spacial score (nSPS) is 14.6. The Morgan fingerprint density at radius 2 is 1.89 bits per heavy atom. The lowest BCUT2D eigenvalue weighted by atomic mass is 10.2. The summed E-state index contributed by atoms with van der Waals surface area (Å²) in [5.41, 5.74) is 6.67. The van der Waals surface area contributed by atoms with Gasteiger partial charge in [0.1, 0.15) is 22.8 Å². The van der Waals surface area contributed by atoms with Crippen LogP contribution in [0.5, 0.6) is 0 Å². The predicted octanol–water partition coefficient (Wildman–Crippen LogP) is 3.94. The number of nitrogens with zero attached hydrogens (tertiary/aromatic N) is 3. The van der Waals surface area contributed by atoms with Gasteiger partial charge >= 0.3 is 0 Å². The van der Waals surface area contributed by atoms with Crippen molar-refractivity contribution in [1.82, 2.24) is 9.66 Å². The SMILES string of the molecule is CC[C@H](N)c1nc2cccc(F)c2c(=O)n1N(c1ccc(F)cc1)C1CC1.Cl. The highest BCUT2D eigenvalue weighted by Gasteiger charge is 2.34. The van der Waals surface area contributed by atoms with Crippen LogP contribution in [-0.4, -0.2) is 15.7 Å². The van der Waals surface area contributed by atoms with Crippen LogP contribution in [0.3, 0.4) is 0 Å². The fourth-order valence-electron chi connectivity index (χ4n) is 3.23. The van der Waals surface area contributed by atoms with E-state index in [-0.39, 0.29) is 35.2 Å². The molecule has 1 heterocycles. The van der Waals surface area contributed by atoms with Gasteiger partial charge in [0.15, 0.2) is 0 Å². The van der Waals surface area contributed by atoms with Crippen molar-refractivity contribution in [2.75, 3.05) is 5.01 Å². The van der Waals surface area contributed by atoms with Crippen molar-refractivity contribution in [2.45, 2.75) is 38.3 Å².